The molecule has 0 aliphatic carbocycles. The molecule has 0 aromatic heterocycles. The van der Waals surface area contributed by atoms with Gasteiger partial charge in [-0.1, -0.05) is 6.08 Å². The number of amides is 1. The van der Waals surface area contributed by atoms with Crippen molar-refractivity contribution in [2.24, 2.45) is 10.9 Å². The molecule has 2 aliphatic rings. The lowest BCUT2D eigenvalue weighted by Gasteiger charge is -2.19. The van der Waals surface area contributed by atoms with E-state index in [1.165, 1.54) is 0 Å². The molecular weight excluding hydrogens is 240 g/mol. The van der Waals surface area contributed by atoms with Crippen LogP contribution in [-0.2, 0) is 9.53 Å². The van der Waals surface area contributed by atoms with Gasteiger partial charge in [-0.2, -0.15) is 0 Å². The lowest BCUT2D eigenvalue weighted by atomic mass is 10.1. The number of hydrogen-bond donors (Lipinski definition) is 4. The number of carbonyl (C=O) groups is 1. The number of aliphatic hydroxyl groups excluding tert-OH is 3. The van der Waals surface area contributed by atoms with Crippen molar-refractivity contribution in [2.75, 3.05) is 13.2 Å². The first-order chi connectivity index (χ1) is 8.63. The summed E-state index contributed by atoms with van der Waals surface area (Å²) >= 11 is 0. The Morgan fingerprint density at radius 3 is 2.78 bits per heavy atom. The van der Waals surface area contributed by atoms with Crippen LogP contribution in [0.4, 0.5) is 0 Å². The van der Waals surface area contributed by atoms with E-state index < -0.39 is 37.1 Å². The van der Waals surface area contributed by atoms with Crippen LogP contribution in [0, 0.1) is 5.92 Å². The highest BCUT2D eigenvalue weighted by molar-refractivity contribution is 5.84. The van der Waals surface area contributed by atoms with E-state index >= 15 is 0 Å². The number of ether oxygens (including phenoxy) is 1. The molecular formula is C11H16N2O5. The van der Waals surface area contributed by atoms with Crippen LogP contribution in [0.3, 0.4) is 0 Å². The third kappa shape index (κ3) is 2.59. The summed E-state index contributed by atoms with van der Waals surface area (Å²) < 4.78 is 5.15. The minimum Gasteiger partial charge on any atom is -0.394 e. The maximum atomic E-state index is 11.8. The Morgan fingerprint density at radius 1 is 1.44 bits per heavy atom. The van der Waals surface area contributed by atoms with E-state index in [1.54, 1.807) is 18.4 Å². The van der Waals surface area contributed by atoms with Crippen molar-refractivity contribution in [1.29, 1.82) is 0 Å². The van der Waals surface area contributed by atoms with E-state index in [4.69, 9.17) is 9.84 Å². The Bertz CT molecular complexity index is 370. The van der Waals surface area contributed by atoms with Gasteiger partial charge in [0.15, 0.2) is 6.23 Å². The minimum atomic E-state index is -1.25. The highest BCUT2D eigenvalue weighted by atomic mass is 16.6. The van der Waals surface area contributed by atoms with Crippen molar-refractivity contribution in [3.8, 4) is 0 Å². The molecule has 5 atom stereocenters. The van der Waals surface area contributed by atoms with Gasteiger partial charge in [-0.15, -0.1) is 0 Å². The first kappa shape index (κ1) is 13.2. The van der Waals surface area contributed by atoms with Crippen molar-refractivity contribution >= 4 is 12.1 Å². The lowest BCUT2D eigenvalue weighted by molar-refractivity contribution is -0.129. The third-order valence-electron chi connectivity index (χ3n) is 3.00. The van der Waals surface area contributed by atoms with Gasteiger partial charge in [-0.25, -0.2) is 0 Å². The van der Waals surface area contributed by atoms with Crippen LogP contribution in [-0.4, -0.2) is 65.1 Å². The maximum absolute atomic E-state index is 11.8. The van der Waals surface area contributed by atoms with Gasteiger partial charge < -0.3 is 25.4 Å². The van der Waals surface area contributed by atoms with Crippen LogP contribution >= 0.6 is 0 Å². The summed E-state index contributed by atoms with van der Waals surface area (Å²) in [5.41, 5.74) is 0. The second-order valence-corrected chi connectivity index (χ2v) is 4.27. The lowest BCUT2D eigenvalue weighted by Crippen LogP contribution is -2.46. The predicted molar refractivity (Wildman–Crippen MR) is 61.9 cm³/mol. The second-order valence-electron chi connectivity index (χ2n) is 4.27. The van der Waals surface area contributed by atoms with Crippen molar-refractivity contribution in [1.82, 2.24) is 5.32 Å². The number of nitrogens with one attached hydrogen (secondary N) is 1. The second kappa shape index (κ2) is 5.57. The third-order valence-corrected chi connectivity index (χ3v) is 3.00. The molecule has 1 fully saturated rings. The largest absolute Gasteiger partial charge is 0.394 e. The van der Waals surface area contributed by atoms with Crippen LogP contribution < -0.4 is 5.32 Å². The summed E-state index contributed by atoms with van der Waals surface area (Å²) in [6, 6.07) is 0. The zero-order valence-electron chi connectivity index (χ0n) is 9.64. The summed E-state index contributed by atoms with van der Waals surface area (Å²) in [7, 11) is 0. The standard InChI is InChI=1S/C11H16N2O5/c14-5-7-8(15)9(16)11(18-7)13-10(17)6-2-1-3-12-4-6/h1-3,6-9,11,14-16H,4-5H2,(H,13,17)/t6?,7-,8-,9-,11?/m1/s1. The summed E-state index contributed by atoms with van der Waals surface area (Å²) in [6.45, 7) is -0.0741. The molecule has 2 rings (SSSR count). The molecule has 0 saturated carbocycles. The molecule has 2 heterocycles. The quantitative estimate of drug-likeness (QED) is 0.458. The molecule has 0 aromatic carbocycles. The summed E-state index contributed by atoms with van der Waals surface area (Å²) in [4.78, 5) is 15.8. The number of nitrogens with zero attached hydrogens (tertiary/aromatic N) is 1. The van der Waals surface area contributed by atoms with E-state index in [0.29, 0.717) is 6.54 Å². The normalized spacial score (nSPS) is 38.9. The molecule has 18 heavy (non-hydrogen) atoms. The van der Waals surface area contributed by atoms with Gasteiger partial charge in [-0.3, -0.25) is 9.79 Å². The molecule has 0 bridgehead atoms. The van der Waals surface area contributed by atoms with Crippen molar-refractivity contribution < 1.29 is 24.9 Å². The zero-order chi connectivity index (χ0) is 13.1. The monoisotopic (exact) mass is 256 g/mol. The van der Waals surface area contributed by atoms with Gasteiger partial charge in [0.1, 0.15) is 18.3 Å². The average Bonchev–Trinajstić information content (AvgIpc) is 2.67. The van der Waals surface area contributed by atoms with Crippen LogP contribution in [0.5, 0.6) is 0 Å². The summed E-state index contributed by atoms with van der Waals surface area (Å²) in [5, 5.41) is 30.6. The number of rotatable bonds is 3. The Kier molecular flexibility index (Phi) is 4.07. The SMILES string of the molecule is O=C(NC1O[C@H](CO)[C@@H](O)[C@H]1O)C1C=CC=NC1. The Morgan fingerprint density at radius 2 is 2.22 bits per heavy atom. The van der Waals surface area contributed by atoms with Crippen LogP contribution in [0.15, 0.2) is 17.1 Å². The van der Waals surface area contributed by atoms with Gasteiger partial charge in [-0.05, 0) is 6.08 Å². The van der Waals surface area contributed by atoms with E-state index in [0.717, 1.165) is 0 Å². The van der Waals surface area contributed by atoms with Gasteiger partial charge in [0.25, 0.3) is 0 Å². The fourth-order valence-corrected chi connectivity index (χ4v) is 1.92. The molecule has 0 radical (unpaired) electrons. The van der Waals surface area contributed by atoms with Crippen LogP contribution in [0.1, 0.15) is 0 Å². The van der Waals surface area contributed by atoms with Gasteiger partial charge >= 0.3 is 0 Å². The first-order valence-electron chi connectivity index (χ1n) is 5.73. The number of aliphatic hydroxyl groups is 3. The molecule has 100 valence electrons. The summed E-state index contributed by atoms with van der Waals surface area (Å²) in [5.74, 6) is -0.742. The number of aliphatic imine (C=N–C) groups is 1. The Labute approximate surface area is 104 Å². The molecule has 0 spiro atoms. The van der Waals surface area contributed by atoms with E-state index in [9.17, 15) is 15.0 Å². The molecule has 1 saturated heterocycles. The molecule has 2 unspecified atom stereocenters. The van der Waals surface area contributed by atoms with Crippen LogP contribution in [0.25, 0.3) is 0 Å². The first-order valence-corrected chi connectivity index (χ1v) is 5.73. The highest BCUT2D eigenvalue weighted by Crippen LogP contribution is 2.19. The van der Waals surface area contributed by atoms with E-state index in [2.05, 4.69) is 10.3 Å². The van der Waals surface area contributed by atoms with Crippen molar-refractivity contribution in [3.05, 3.63) is 12.2 Å². The topological polar surface area (TPSA) is 111 Å². The van der Waals surface area contributed by atoms with Crippen LogP contribution in [0.2, 0.25) is 0 Å². The number of dihydropyridines is 1. The minimum absolute atomic E-state index is 0.335. The number of hydrogen-bond acceptors (Lipinski definition) is 6. The smallest absolute Gasteiger partial charge is 0.230 e. The van der Waals surface area contributed by atoms with Crippen molar-refractivity contribution in [3.63, 3.8) is 0 Å². The maximum Gasteiger partial charge on any atom is 0.230 e. The van der Waals surface area contributed by atoms with Gasteiger partial charge in [0.05, 0.1) is 19.1 Å². The fraction of sp³-hybridized carbons (Fsp3) is 0.636. The Hall–Kier alpha value is -1.28. The van der Waals surface area contributed by atoms with E-state index in [-0.39, 0.29) is 5.91 Å². The molecule has 0 aromatic rings. The van der Waals surface area contributed by atoms with Crippen molar-refractivity contribution in [2.45, 2.75) is 24.5 Å². The van der Waals surface area contributed by atoms with Gasteiger partial charge in [0, 0.05) is 6.21 Å². The zero-order valence-corrected chi connectivity index (χ0v) is 9.64. The fourth-order valence-electron chi connectivity index (χ4n) is 1.92. The molecule has 4 N–H and O–H groups in total. The Balaban J connectivity index is 1.91. The highest BCUT2D eigenvalue weighted by Gasteiger charge is 2.43. The van der Waals surface area contributed by atoms with Gasteiger partial charge in [0.2, 0.25) is 5.91 Å². The molecule has 2 aliphatic heterocycles. The molecule has 7 nitrogen and oxygen atoms in total. The number of carbonyl (C=O) groups excluding carboxylic acids is 1. The summed E-state index contributed by atoms with van der Waals surface area (Å²) in [6.07, 6.45) is 0.627. The number of allylic oxidation sites excluding steroid dienone is 1. The molecule has 7 heteroatoms. The van der Waals surface area contributed by atoms with E-state index in [1.807, 2.05) is 0 Å². The average molecular weight is 256 g/mol. The predicted octanol–water partition coefficient (Wildman–Crippen LogP) is -2.20. The molecule has 1 amide bonds.